The summed E-state index contributed by atoms with van der Waals surface area (Å²) in [6.07, 6.45) is 2.00. The van der Waals surface area contributed by atoms with E-state index in [2.05, 4.69) is 10.6 Å². The monoisotopic (exact) mass is 245 g/mol. The Morgan fingerprint density at radius 3 is 2.81 bits per heavy atom. The number of carbonyl (C=O) groups is 1. The number of halogens is 1. The molecule has 6 heteroatoms. The zero-order chi connectivity index (χ0) is 11.3. The summed E-state index contributed by atoms with van der Waals surface area (Å²) in [5, 5.41) is 5.44. The van der Waals surface area contributed by atoms with Crippen molar-refractivity contribution in [3.8, 4) is 0 Å². The van der Waals surface area contributed by atoms with Crippen LogP contribution in [0.25, 0.3) is 0 Å². The van der Waals surface area contributed by atoms with Crippen LogP contribution in [-0.4, -0.2) is 24.1 Å². The summed E-state index contributed by atoms with van der Waals surface area (Å²) in [4.78, 5) is 22.8. The third-order valence-electron chi connectivity index (χ3n) is 2.00. The molecule has 0 saturated carbocycles. The average Bonchev–Trinajstić information content (AvgIpc) is 2.22. The molecule has 0 saturated heterocycles. The Labute approximate surface area is 100 Å². The van der Waals surface area contributed by atoms with Crippen LogP contribution >= 0.6 is 12.4 Å². The van der Waals surface area contributed by atoms with Gasteiger partial charge >= 0.3 is 0 Å². The van der Waals surface area contributed by atoms with Crippen LogP contribution in [0.15, 0.2) is 23.1 Å². The maximum Gasteiger partial charge on any atom is 0.274 e. The van der Waals surface area contributed by atoms with Crippen LogP contribution in [0.2, 0.25) is 0 Å². The van der Waals surface area contributed by atoms with Gasteiger partial charge in [-0.15, -0.1) is 12.4 Å². The summed E-state index contributed by atoms with van der Waals surface area (Å²) >= 11 is 0. The third kappa shape index (κ3) is 4.04. The molecule has 1 rings (SSSR count). The van der Waals surface area contributed by atoms with Crippen LogP contribution in [-0.2, 0) is 11.8 Å². The van der Waals surface area contributed by atoms with Crippen molar-refractivity contribution in [2.75, 3.05) is 18.9 Å². The Morgan fingerprint density at radius 2 is 2.19 bits per heavy atom. The molecule has 0 aliphatic rings. The molecular formula is C10H16ClN3O2. The van der Waals surface area contributed by atoms with Crippen LogP contribution in [0.4, 0.5) is 5.69 Å². The number of anilines is 1. The molecule has 0 fully saturated rings. The minimum Gasteiger partial charge on any atom is -0.321 e. The van der Waals surface area contributed by atoms with E-state index in [9.17, 15) is 9.59 Å². The summed E-state index contributed by atoms with van der Waals surface area (Å²) in [5.74, 6) is -0.160. The van der Waals surface area contributed by atoms with Gasteiger partial charge in [-0.2, -0.15) is 0 Å². The standard InChI is InChI=1S/C10H15N3O2.ClH/c1-11-6-5-9(14)12-8-4-3-7-13(2)10(8)15;/h3-4,7,11H,5-6H2,1-2H3,(H,12,14);1H. The van der Waals surface area contributed by atoms with Gasteiger partial charge in [0, 0.05) is 26.2 Å². The number of amides is 1. The molecule has 0 aliphatic heterocycles. The maximum absolute atomic E-state index is 11.5. The van der Waals surface area contributed by atoms with Crippen molar-refractivity contribution in [3.05, 3.63) is 28.7 Å². The van der Waals surface area contributed by atoms with Crippen LogP contribution in [0, 0.1) is 0 Å². The topological polar surface area (TPSA) is 63.1 Å². The van der Waals surface area contributed by atoms with Crippen molar-refractivity contribution in [1.82, 2.24) is 9.88 Å². The SMILES string of the molecule is CNCCC(=O)Nc1cccn(C)c1=O.Cl. The van der Waals surface area contributed by atoms with E-state index in [0.717, 1.165) is 0 Å². The highest BCUT2D eigenvalue weighted by Crippen LogP contribution is 1.98. The quantitative estimate of drug-likeness (QED) is 0.805. The first-order valence-electron chi connectivity index (χ1n) is 4.75. The van der Waals surface area contributed by atoms with E-state index >= 15 is 0 Å². The van der Waals surface area contributed by atoms with Gasteiger partial charge in [-0.25, -0.2) is 0 Å². The van der Waals surface area contributed by atoms with Gasteiger partial charge in [0.1, 0.15) is 5.69 Å². The number of rotatable bonds is 4. The molecular weight excluding hydrogens is 230 g/mol. The molecule has 0 unspecified atom stereocenters. The van der Waals surface area contributed by atoms with Gasteiger partial charge in [-0.1, -0.05) is 0 Å². The lowest BCUT2D eigenvalue weighted by atomic mass is 10.3. The second-order valence-corrected chi connectivity index (χ2v) is 3.24. The van der Waals surface area contributed by atoms with Gasteiger partial charge in [0.25, 0.3) is 5.56 Å². The van der Waals surface area contributed by atoms with E-state index in [1.165, 1.54) is 4.57 Å². The van der Waals surface area contributed by atoms with Crippen molar-refractivity contribution in [2.45, 2.75) is 6.42 Å². The molecule has 5 nitrogen and oxygen atoms in total. The molecule has 2 N–H and O–H groups in total. The van der Waals surface area contributed by atoms with Gasteiger partial charge in [-0.05, 0) is 19.2 Å². The molecule has 1 amide bonds. The number of carbonyl (C=O) groups excluding carboxylic acids is 1. The Kier molecular flexibility index (Phi) is 6.44. The summed E-state index contributed by atoms with van der Waals surface area (Å²) in [6.45, 7) is 0.596. The summed E-state index contributed by atoms with van der Waals surface area (Å²) in [7, 11) is 3.42. The molecule has 1 aromatic rings. The second kappa shape index (κ2) is 7.03. The molecule has 0 bridgehead atoms. The maximum atomic E-state index is 11.5. The van der Waals surface area contributed by atoms with E-state index in [1.807, 2.05) is 0 Å². The molecule has 90 valence electrons. The fourth-order valence-corrected chi connectivity index (χ4v) is 1.14. The van der Waals surface area contributed by atoms with Crippen LogP contribution in [0.5, 0.6) is 0 Å². The predicted molar refractivity (Wildman–Crippen MR) is 66.1 cm³/mol. The number of hydrogen-bond acceptors (Lipinski definition) is 3. The first-order chi connectivity index (χ1) is 7.15. The molecule has 0 spiro atoms. The Morgan fingerprint density at radius 1 is 1.50 bits per heavy atom. The van der Waals surface area contributed by atoms with Gasteiger partial charge in [-0.3, -0.25) is 9.59 Å². The molecule has 0 radical (unpaired) electrons. The van der Waals surface area contributed by atoms with Crippen LogP contribution in [0.1, 0.15) is 6.42 Å². The van der Waals surface area contributed by atoms with Crippen LogP contribution in [0.3, 0.4) is 0 Å². The Balaban J connectivity index is 0.00000225. The van der Waals surface area contributed by atoms with Gasteiger partial charge in [0.05, 0.1) is 0 Å². The van der Waals surface area contributed by atoms with E-state index in [0.29, 0.717) is 18.7 Å². The average molecular weight is 246 g/mol. The first-order valence-corrected chi connectivity index (χ1v) is 4.75. The minimum atomic E-state index is -0.199. The van der Waals surface area contributed by atoms with Crippen molar-refractivity contribution in [3.63, 3.8) is 0 Å². The van der Waals surface area contributed by atoms with Crippen molar-refractivity contribution in [1.29, 1.82) is 0 Å². The first kappa shape index (κ1) is 14.7. The van der Waals surface area contributed by atoms with Crippen molar-refractivity contribution >= 4 is 24.0 Å². The summed E-state index contributed by atoms with van der Waals surface area (Å²) < 4.78 is 1.42. The lowest BCUT2D eigenvalue weighted by Crippen LogP contribution is -2.25. The third-order valence-corrected chi connectivity index (χ3v) is 2.00. The fraction of sp³-hybridized carbons (Fsp3) is 0.400. The normalized spacial score (nSPS) is 9.38. The lowest BCUT2D eigenvalue weighted by molar-refractivity contribution is -0.116. The summed E-state index contributed by atoms with van der Waals surface area (Å²) in [6, 6.07) is 3.31. The molecule has 0 atom stereocenters. The van der Waals surface area contributed by atoms with Gasteiger partial charge < -0.3 is 15.2 Å². The Hall–Kier alpha value is -1.33. The lowest BCUT2D eigenvalue weighted by Gasteiger charge is -2.05. The Bertz CT molecular complexity index is 403. The zero-order valence-corrected chi connectivity index (χ0v) is 10.1. The van der Waals surface area contributed by atoms with Gasteiger partial charge in [0.15, 0.2) is 0 Å². The van der Waals surface area contributed by atoms with Crippen LogP contribution < -0.4 is 16.2 Å². The number of nitrogens with one attached hydrogen (secondary N) is 2. The number of nitrogens with zero attached hydrogens (tertiary/aromatic N) is 1. The zero-order valence-electron chi connectivity index (χ0n) is 9.32. The largest absolute Gasteiger partial charge is 0.321 e. The van der Waals surface area contributed by atoms with E-state index in [1.54, 1.807) is 32.4 Å². The van der Waals surface area contributed by atoms with Crippen molar-refractivity contribution in [2.24, 2.45) is 7.05 Å². The molecule has 1 aromatic heterocycles. The molecule has 1 heterocycles. The van der Waals surface area contributed by atoms with Gasteiger partial charge in [0.2, 0.25) is 5.91 Å². The van der Waals surface area contributed by atoms with Crippen molar-refractivity contribution < 1.29 is 4.79 Å². The molecule has 16 heavy (non-hydrogen) atoms. The fourth-order valence-electron chi connectivity index (χ4n) is 1.14. The number of aromatic nitrogens is 1. The highest BCUT2D eigenvalue weighted by molar-refractivity contribution is 5.90. The number of pyridine rings is 1. The smallest absolute Gasteiger partial charge is 0.274 e. The summed E-state index contributed by atoms with van der Waals surface area (Å²) in [5.41, 5.74) is 0.122. The molecule has 0 aliphatic carbocycles. The highest BCUT2D eigenvalue weighted by atomic mass is 35.5. The second-order valence-electron chi connectivity index (χ2n) is 3.24. The number of hydrogen-bond donors (Lipinski definition) is 2. The predicted octanol–water partition coefficient (Wildman–Crippen LogP) is 0.355. The van der Waals surface area contributed by atoms with E-state index in [4.69, 9.17) is 0 Å². The minimum absolute atomic E-state index is 0. The number of aryl methyl sites for hydroxylation is 1. The highest BCUT2D eigenvalue weighted by Gasteiger charge is 2.04. The molecule has 0 aromatic carbocycles. The van der Waals surface area contributed by atoms with E-state index in [-0.39, 0.29) is 23.9 Å². The van der Waals surface area contributed by atoms with E-state index < -0.39 is 0 Å².